The zero-order chi connectivity index (χ0) is 10.4. The van der Waals surface area contributed by atoms with Crippen LogP contribution in [-0.2, 0) is 14.3 Å². The van der Waals surface area contributed by atoms with E-state index in [1.807, 2.05) is 6.92 Å². The molecule has 1 rings (SSSR count). The van der Waals surface area contributed by atoms with Crippen LogP contribution in [0.3, 0.4) is 0 Å². The number of hydrogen-bond donors (Lipinski definition) is 0. The number of nitrogens with zero attached hydrogens (tertiary/aromatic N) is 1. The van der Waals surface area contributed by atoms with Crippen LogP contribution in [0, 0.1) is 0 Å². The van der Waals surface area contributed by atoms with E-state index in [-0.39, 0.29) is 5.97 Å². The van der Waals surface area contributed by atoms with Gasteiger partial charge in [0.1, 0.15) is 0 Å². The molecule has 14 heavy (non-hydrogen) atoms. The van der Waals surface area contributed by atoms with Gasteiger partial charge in [0.2, 0.25) is 0 Å². The first-order chi connectivity index (χ1) is 6.74. The molecule has 1 atom stereocenters. The summed E-state index contributed by atoms with van der Waals surface area (Å²) in [5.74, 6) is -0.105. The summed E-state index contributed by atoms with van der Waals surface area (Å²) in [5, 5.41) is 0. The van der Waals surface area contributed by atoms with Crippen molar-refractivity contribution in [2.24, 2.45) is 0 Å². The van der Waals surface area contributed by atoms with Crippen molar-refractivity contribution in [1.29, 1.82) is 0 Å². The second-order valence-electron chi connectivity index (χ2n) is 3.51. The molecule has 0 aromatic rings. The van der Waals surface area contributed by atoms with E-state index >= 15 is 0 Å². The van der Waals surface area contributed by atoms with Crippen molar-refractivity contribution in [1.82, 2.24) is 4.90 Å². The molecule has 1 saturated heterocycles. The Morgan fingerprint density at radius 2 is 2.43 bits per heavy atom. The molecule has 4 heteroatoms. The van der Waals surface area contributed by atoms with E-state index in [0.29, 0.717) is 19.1 Å². The molecule has 1 unspecified atom stereocenters. The second-order valence-corrected chi connectivity index (χ2v) is 3.51. The van der Waals surface area contributed by atoms with Crippen molar-refractivity contribution in [3.63, 3.8) is 0 Å². The second kappa shape index (κ2) is 5.98. The number of esters is 1. The van der Waals surface area contributed by atoms with Crippen LogP contribution in [-0.4, -0.2) is 49.8 Å². The third kappa shape index (κ3) is 3.64. The Kier molecular flexibility index (Phi) is 4.90. The van der Waals surface area contributed by atoms with Crippen molar-refractivity contribution in [3.8, 4) is 0 Å². The molecular weight excluding hydrogens is 182 g/mol. The Balaban J connectivity index is 2.19. The molecule has 82 valence electrons. The third-order valence-corrected chi connectivity index (χ3v) is 2.41. The van der Waals surface area contributed by atoms with Crippen molar-refractivity contribution in [2.45, 2.75) is 26.3 Å². The zero-order valence-corrected chi connectivity index (χ0v) is 8.99. The first-order valence-electron chi connectivity index (χ1n) is 5.21. The maximum absolute atomic E-state index is 11.1. The average molecular weight is 201 g/mol. The van der Waals surface area contributed by atoms with Gasteiger partial charge in [0.05, 0.1) is 26.2 Å². The molecule has 0 radical (unpaired) electrons. The normalized spacial score (nSPS) is 23.4. The van der Waals surface area contributed by atoms with E-state index in [4.69, 9.17) is 9.47 Å². The van der Waals surface area contributed by atoms with E-state index in [1.165, 1.54) is 0 Å². The fourth-order valence-electron chi connectivity index (χ4n) is 1.56. The maximum Gasteiger partial charge on any atom is 0.307 e. The quantitative estimate of drug-likeness (QED) is 0.626. The van der Waals surface area contributed by atoms with Crippen molar-refractivity contribution in [3.05, 3.63) is 0 Å². The van der Waals surface area contributed by atoms with Crippen LogP contribution in [0.15, 0.2) is 0 Å². The molecule has 0 amide bonds. The highest BCUT2D eigenvalue weighted by molar-refractivity contribution is 5.69. The molecule has 1 fully saturated rings. The van der Waals surface area contributed by atoms with Gasteiger partial charge in [-0.3, -0.25) is 9.69 Å². The SMILES string of the molecule is CCOC(=O)CCN1CCOCC1C. The predicted molar refractivity (Wildman–Crippen MR) is 53.1 cm³/mol. The van der Waals surface area contributed by atoms with Gasteiger partial charge in [-0.1, -0.05) is 0 Å². The van der Waals surface area contributed by atoms with E-state index < -0.39 is 0 Å². The smallest absolute Gasteiger partial charge is 0.307 e. The van der Waals surface area contributed by atoms with Gasteiger partial charge in [-0.15, -0.1) is 0 Å². The number of carbonyl (C=O) groups is 1. The zero-order valence-electron chi connectivity index (χ0n) is 8.99. The maximum atomic E-state index is 11.1. The summed E-state index contributed by atoms with van der Waals surface area (Å²) < 4.78 is 10.2. The van der Waals surface area contributed by atoms with Crippen LogP contribution in [0.2, 0.25) is 0 Å². The Morgan fingerprint density at radius 3 is 3.07 bits per heavy atom. The summed E-state index contributed by atoms with van der Waals surface area (Å²) in [5.41, 5.74) is 0. The minimum atomic E-state index is -0.105. The lowest BCUT2D eigenvalue weighted by Crippen LogP contribution is -2.44. The molecule has 0 N–H and O–H groups in total. The van der Waals surface area contributed by atoms with E-state index in [1.54, 1.807) is 0 Å². The van der Waals surface area contributed by atoms with Crippen LogP contribution >= 0.6 is 0 Å². The molecule has 1 aliphatic rings. The highest BCUT2D eigenvalue weighted by atomic mass is 16.5. The molecule has 1 aliphatic heterocycles. The number of hydrogen-bond acceptors (Lipinski definition) is 4. The monoisotopic (exact) mass is 201 g/mol. The van der Waals surface area contributed by atoms with Gasteiger partial charge in [-0.25, -0.2) is 0 Å². The van der Waals surface area contributed by atoms with Crippen LogP contribution in [0.4, 0.5) is 0 Å². The summed E-state index contributed by atoms with van der Waals surface area (Å²) >= 11 is 0. The van der Waals surface area contributed by atoms with Crippen molar-refractivity contribution < 1.29 is 14.3 Å². The number of rotatable bonds is 4. The topological polar surface area (TPSA) is 38.8 Å². The number of ether oxygens (including phenoxy) is 2. The summed E-state index contributed by atoms with van der Waals surface area (Å²) in [6, 6.07) is 0.415. The van der Waals surface area contributed by atoms with Gasteiger partial charge in [0, 0.05) is 19.1 Å². The Hall–Kier alpha value is -0.610. The highest BCUT2D eigenvalue weighted by Crippen LogP contribution is 2.06. The fraction of sp³-hybridized carbons (Fsp3) is 0.900. The van der Waals surface area contributed by atoms with Gasteiger partial charge >= 0.3 is 5.97 Å². The number of morpholine rings is 1. The fourth-order valence-corrected chi connectivity index (χ4v) is 1.56. The van der Waals surface area contributed by atoms with Crippen molar-refractivity contribution >= 4 is 5.97 Å². The van der Waals surface area contributed by atoms with E-state index in [9.17, 15) is 4.79 Å². The molecule has 0 saturated carbocycles. The molecule has 0 aromatic carbocycles. The van der Waals surface area contributed by atoms with Crippen LogP contribution < -0.4 is 0 Å². The van der Waals surface area contributed by atoms with Crippen LogP contribution in [0.1, 0.15) is 20.3 Å². The Morgan fingerprint density at radius 1 is 1.64 bits per heavy atom. The lowest BCUT2D eigenvalue weighted by molar-refractivity contribution is -0.143. The highest BCUT2D eigenvalue weighted by Gasteiger charge is 2.19. The van der Waals surface area contributed by atoms with Gasteiger partial charge in [0.25, 0.3) is 0 Å². The van der Waals surface area contributed by atoms with Crippen LogP contribution in [0.25, 0.3) is 0 Å². The molecule has 0 aromatic heterocycles. The molecular formula is C10H19NO3. The van der Waals surface area contributed by atoms with Gasteiger partial charge in [-0.2, -0.15) is 0 Å². The third-order valence-electron chi connectivity index (χ3n) is 2.41. The van der Waals surface area contributed by atoms with Crippen LogP contribution in [0.5, 0.6) is 0 Å². The largest absolute Gasteiger partial charge is 0.466 e. The average Bonchev–Trinajstić information content (AvgIpc) is 2.17. The molecule has 0 aliphatic carbocycles. The van der Waals surface area contributed by atoms with Crippen molar-refractivity contribution in [2.75, 3.05) is 32.9 Å². The van der Waals surface area contributed by atoms with E-state index in [0.717, 1.165) is 26.3 Å². The molecule has 0 bridgehead atoms. The minimum Gasteiger partial charge on any atom is -0.466 e. The van der Waals surface area contributed by atoms with Gasteiger partial charge in [-0.05, 0) is 13.8 Å². The standard InChI is InChI=1S/C10H19NO3/c1-3-14-10(12)4-5-11-6-7-13-8-9(11)2/h9H,3-8H2,1-2H3. The summed E-state index contributed by atoms with van der Waals surface area (Å²) in [4.78, 5) is 13.4. The first-order valence-corrected chi connectivity index (χ1v) is 5.21. The predicted octanol–water partition coefficient (Wildman–Crippen LogP) is 0.660. The van der Waals surface area contributed by atoms with Gasteiger partial charge in [0.15, 0.2) is 0 Å². The summed E-state index contributed by atoms with van der Waals surface area (Å²) in [6.45, 7) is 7.65. The minimum absolute atomic E-state index is 0.105. The van der Waals surface area contributed by atoms with Gasteiger partial charge < -0.3 is 9.47 Å². The lowest BCUT2D eigenvalue weighted by Gasteiger charge is -2.32. The first kappa shape index (κ1) is 11.5. The molecule has 0 spiro atoms. The number of carbonyl (C=O) groups excluding carboxylic acids is 1. The van der Waals surface area contributed by atoms with E-state index in [2.05, 4.69) is 11.8 Å². The lowest BCUT2D eigenvalue weighted by atomic mass is 10.2. The molecule has 1 heterocycles. The Labute approximate surface area is 85.2 Å². The Bertz CT molecular complexity index is 184. The molecule has 4 nitrogen and oxygen atoms in total. The summed E-state index contributed by atoms with van der Waals surface area (Å²) in [6.07, 6.45) is 0.484. The summed E-state index contributed by atoms with van der Waals surface area (Å²) in [7, 11) is 0.